The first-order valence-electron chi connectivity index (χ1n) is 6.73. The van der Waals surface area contributed by atoms with Gasteiger partial charge in [-0.3, -0.25) is 0 Å². The molecule has 0 radical (unpaired) electrons. The van der Waals surface area contributed by atoms with Gasteiger partial charge in [0.1, 0.15) is 0 Å². The molecule has 0 amide bonds. The number of fused-ring (bicyclic) bond motifs is 1. The Kier molecular flexibility index (Phi) is 3.10. The van der Waals surface area contributed by atoms with Gasteiger partial charge in [0, 0.05) is 35.8 Å². The lowest BCUT2D eigenvalue weighted by molar-refractivity contribution is 0.115. The van der Waals surface area contributed by atoms with E-state index in [1.165, 1.54) is 23.7 Å². The van der Waals surface area contributed by atoms with E-state index in [1.54, 1.807) is 0 Å². The van der Waals surface area contributed by atoms with Gasteiger partial charge in [-0.1, -0.05) is 24.6 Å². The lowest BCUT2D eigenvalue weighted by Gasteiger charge is -2.27. The van der Waals surface area contributed by atoms with Gasteiger partial charge in [-0.25, -0.2) is 0 Å². The van der Waals surface area contributed by atoms with Crippen LogP contribution < -0.4 is 5.32 Å². The van der Waals surface area contributed by atoms with Crippen LogP contribution in [0.5, 0.6) is 0 Å². The van der Waals surface area contributed by atoms with Gasteiger partial charge < -0.3 is 15.0 Å². The van der Waals surface area contributed by atoms with E-state index < -0.39 is 6.10 Å². The number of hydrogen-bond acceptors (Lipinski definition) is 2. The van der Waals surface area contributed by atoms with Crippen LogP contribution in [0.2, 0.25) is 0 Å². The maximum Gasteiger partial charge on any atom is 0.0963 e. The second-order valence-electron chi connectivity index (χ2n) is 5.21. The predicted molar refractivity (Wildman–Crippen MR) is 73.5 cm³/mol. The fourth-order valence-corrected chi connectivity index (χ4v) is 2.97. The lowest BCUT2D eigenvalue weighted by Crippen LogP contribution is -2.38. The van der Waals surface area contributed by atoms with E-state index in [-0.39, 0.29) is 6.04 Å². The van der Waals surface area contributed by atoms with Crippen molar-refractivity contribution < 1.29 is 5.11 Å². The van der Waals surface area contributed by atoms with Crippen LogP contribution >= 0.6 is 0 Å². The molecule has 1 aromatic carbocycles. The van der Waals surface area contributed by atoms with Gasteiger partial charge >= 0.3 is 0 Å². The summed E-state index contributed by atoms with van der Waals surface area (Å²) in [4.78, 5) is 0. The van der Waals surface area contributed by atoms with Crippen molar-refractivity contribution in [2.45, 2.75) is 31.4 Å². The molecule has 0 saturated carbocycles. The van der Waals surface area contributed by atoms with Gasteiger partial charge in [-0.05, 0) is 25.5 Å². The summed E-state index contributed by atoms with van der Waals surface area (Å²) in [5.41, 5.74) is 2.23. The average molecular weight is 244 g/mol. The first-order valence-corrected chi connectivity index (χ1v) is 6.73. The second kappa shape index (κ2) is 4.75. The number of hydrogen-bond donors (Lipinski definition) is 2. The van der Waals surface area contributed by atoms with Crippen molar-refractivity contribution in [1.82, 2.24) is 9.88 Å². The topological polar surface area (TPSA) is 37.2 Å². The van der Waals surface area contributed by atoms with Crippen molar-refractivity contribution >= 4 is 10.9 Å². The fourth-order valence-electron chi connectivity index (χ4n) is 2.97. The molecule has 3 rings (SSSR count). The zero-order valence-corrected chi connectivity index (χ0v) is 10.8. The van der Waals surface area contributed by atoms with Gasteiger partial charge in [0.15, 0.2) is 0 Å². The summed E-state index contributed by atoms with van der Waals surface area (Å²) in [6.07, 6.45) is 5.14. The van der Waals surface area contributed by atoms with Gasteiger partial charge in [0.05, 0.1) is 6.10 Å². The number of aromatic nitrogens is 1. The molecule has 2 unspecified atom stereocenters. The number of nitrogens with one attached hydrogen (secondary N) is 1. The summed E-state index contributed by atoms with van der Waals surface area (Å²) in [6.45, 7) is 1.02. The van der Waals surface area contributed by atoms with E-state index in [0.29, 0.717) is 0 Å². The molecule has 96 valence electrons. The molecular weight excluding hydrogens is 224 g/mol. The Morgan fingerprint density at radius 2 is 2.17 bits per heavy atom. The minimum atomic E-state index is -0.406. The highest BCUT2D eigenvalue weighted by Gasteiger charge is 2.25. The molecule has 2 heterocycles. The maximum atomic E-state index is 10.6. The van der Waals surface area contributed by atoms with E-state index in [9.17, 15) is 5.11 Å². The smallest absolute Gasteiger partial charge is 0.0963 e. The highest BCUT2D eigenvalue weighted by atomic mass is 16.3. The molecule has 1 aliphatic heterocycles. The van der Waals surface area contributed by atoms with Crippen molar-refractivity contribution in [3.05, 3.63) is 36.0 Å². The third kappa shape index (κ3) is 1.93. The van der Waals surface area contributed by atoms with Crippen molar-refractivity contribution in [2.24, 2.45) is 7.05 Å². The van der Waals surface area contributed by atoms with E-state index in [1.807, 2.05) is 19.2 Å². The molecule has 3 heteroatoms. The van der Waals surface area contributed by atoms with Crippen LogP contribution in [-0.4, -0.2) is 22.3 Å². The minimum Gasteiger partial charge on any atom is -0.387 e. The lowest BCUT2D eigenvalue weighted by atomic mass is 9.95. The molecule has 0 aliphatic carbocycles. The first-order chi connectivity index (χ1) is 8.77. The molecule has 3 nitrogen and oxygen atoms in total. The molecule has 1 fully saturated rings. The normalized spacial score (nSPS) is 22.2. The second-order valence-corrected chi connectivity index (χ2v) is 5.21. The Bertz CT molecular complexity index is 540. The van der Waals surface area contributed by atoms with Gasteiger partial charge in [-0.2, -0.15) is 0 Å². The number of rotatable bonds is 2. The summed E-state index contributed by atoms with van der Waals surface area (Å²) < 4.78 is 2.09. The first kappa shape index (κ1) is 11.8. The summed E-state index contributed by atoms with van der Waals surface area (Å²) in [6, 6.07) is 8.46. The average Bonchev–Trinajstić information content (AvgIpc) is 2.77. The third-order valence-corrected chi connectivity index (χ3v) is 3.98. The molecule has 1 saturated heterocycles. The number of aliphatic hydroxyl groups is 1. The Labute approximate surface area is 107 Å². The minimum absolute atomic E-state index is 0.199. The summed E-state index contributed by atoms with van der Waals surface area (Å²) in [7, 11) is 2.03. The zero-order valence-electron chi connectivity index (χ0n) is 10.8. The fraction of sp³-hybridized carbons (Fsp3) is 0.467. The number of piperidine rings is 1. The number of para-hydroxylation sites is 1. The Morgan fingerprint density at radius 3 is 2.94 bits per heavy atom. The molecule has 0 bridgehead atoms. The number of aryl methyl sites for hydroxylation is 1. The summed E-state index contributed by atoms with van der Waals surface area (Å²) in [5, 5.41) is 15.2. The molecule has 2 N–H and O–H groups in total. The molecule has 2 aromatic rings. The Morgan fingerprint density at radius 1 is 1.33 bits per heavy atom. The van der Waals surface area contributed by atoms with Crippen LogP contribution in [0.1, 0.15) is 30.9 Å². The van der Waals surface area contributed by atoms with Gasteiger partial charge in [0.2, 0.25) is 0 Å². The molecule has 1 aromatic heterocycles. The maximum absolute atomic E-state index is 10.6. The van der Waals surface area contributed by atoms with E-state index in [4.69, 9.17) is 0 Å². The molecule has 18 heavy (non-hydrogen) atoms. The molecule has 1 aliphatic rings. The van der Waals surface area contributed by atoms with Crippen molar-refractivity contribution in [1.29, 1.82) is 0 Å². The third-order valence-electron chi connectivity index (χ3n) is 3.98. The van der Waals surface area contributed by atoms with Crippen LogP contribution in [0.4, 0.5) is 0 Å². The Hall–Kier alpha value is -1.32. The number of nitrogens with zero attached hydrogens (tertiary/aromatic N) is 1. The van der Waals surface area contributed by atoms with Crippen LogP contribution in [0.25, 0.3) is 10.9 Å². The summed E-state index contributed by atoms with van der Waals surface area (Å²) >= 11 is 0. The van der Waals surface area contributed by atoms with Crippen molar-refractivity contribution in [3.63, 3.8) is 0 Å². The van der Waals surface area contributed by atoms with Crippen LogP contribution in [0.3, 0.4) is 0 Å². The van der Waals surface area contributed by atoms with E-state index >= 15 is 0 Å². The van der Waals surface area contributed by atoms with Crippen molar-refractivity contribution in [3.8, 4) is 0 Å². The number of aliphatic hydroxyl groups excluding tert-OH is 1. The van der Waals surface area contributed by atoms with E-state index in [2.05, 4.69) is 28.2 Å². The highest BCUT2D eigenvalue weighted by Crippen LogP contribution is 2.30. The zero-order chi connectivity index (χ0) is 12.5. The molecule has 2 atom stereocenters. The van der Waals surface area contributed by atoms with Gasteiger partial charge in [-0.15, -0.1) is 0 Å². The summed E-state index contributed by atoms with van der Waals surface area (Å²) in [5.74, 6) is 0. The predicted octanol–water partition coefficient (Wildman–Crippen LogP) is 2.35. The van der Waals surface area contributed by atoms with Crippen LogP contribution in [0, 0.1) is 0 Å². The standard InChI is InChI=1S/C15H20N2O/c1-17-10-12(11-6-2-3-8-14(11)17)15(18)13-7-4-5-9-16-13/h2-3,6,8,10,13,15-16,18H,4-5,7,9H2,1H3. The van der Waals surface area contributed by atoms with E-state index in [0.717, 1.165) is 18.5 Å². The quantitative estimate of drug-likeness (QED) is 0.851. The SMILES string of the molecule is Cn1cc(C(O)C2CCCCN2)c2ccccc21. The highest BCUT2D eigenvalue weighted by molar-refractivity contribution is 5.84. The number of benzene rings is 1. The largest absolute Gasteiger partial charge is 0.387 e. The van der Waals surface area contributed by atoms with Crippen LogP contribution in [-0.2, 0) is 7.05 Å². The Balaban J connectivity index is 1.98. The molecule has 0 spiro atoms. The van der Waals surface area contributed by atoms with Gasteiger partial charge in [0.25, 0.3) is 0 Å². The molecular formula is C15H20N2O. The monoisotopic (exact) mass is 244 g/mol. The van der Waals surface area contributed by atoms with Crippen LogP contribution in [0.15, 0.2) is 30.5 Å². The van der Waals surface area contributed by atoms with Crippen molar-refractivity contribution in [2.75, 3.05) is 6.54 Å².